The number of nitrogens with one attached hydrogen (secondary N) is 2. The van der Waals surface area contributed by atoms with Crippen LogP contribution in [0.2, 0.25) is 0 Å². The van der Waals surface area contributed by atoms with Gasteiger partial charge in [-0.3, -0.25) is 4.79 Å². The Bertz CT molecular complexity index is 739. The van der Waals surface area contributed by atoms with Crippen molar-refractivity contribution in [2.45, 2.75) is 72.3 Å². The maximum Gasteiger partial charge on any atom is 0.319 e. The summed E-state index contributed by atoms with van der Waals surface area (Å²) in [6.45, 7) is 9.11. The van der Waals surface area contributed by atoms with Gasteiger partial charge in [-0.05, 0) is 57.2 Å². The molecule has 1 aromatic carbocycles. The van der Waals surface area contributed by atoms with Crippen molar-refractivity contribution in [3.63, 3.8) is 0 Å². The molecule has 1 saturated carbocycles. The zero-order valence-electron chi connectivity index (χ0n) is 18.2. The standard InChI is InChI=1S/C23H35N3O3/c1-16(2)12-13-26-19-14-18(25-22(28)24-17-8-6-5-7-9-17)10-11-20(19)29-15-23(3,4)21(26)27/h10-11,14,16-17H,5-9,12-13,15H2,1-4H3,(H2,24,25,28). The summed E-state index contributed by atoms with van der Waals surface area (Å²) in [5, 5.41) is 6.01. The number of hydrogen-bond donors (Lipinski definition) is 2. The zero-order valence-corrected chi connectivity index (χ0v) is 18.2. The van der Waals surface area contributed by atoms with E-state index in [0.717, 1.165) is 24.9 Å². The van der Waals surface area contributed by atoms with E-state index in [4.69, 9.17) is 4.74 Å². The monoisotopic (exact) mass is 401 g/mol. The Kier molecular flexibility index (Phi) is 6.70. The molecule has 0 aromatic heterocycles. The van der Waals surface area contributed by atoms with Crippen molar-refractivity contribution < 1.29 is 14.3 Å². The molecular formula is C23H35N3O3. The minimum absolute atomic E-state index is 0.0562. The third kappa shape index (κ3) is 5.43. The number of anilines is 2. The van der Waals surface area contributed by atoms with Crippen molar-refractivity contribution in [2.75, 3.05) is 23.4 Å². The fraction of sp³-hybridized carbons (Fsp3) is 0.652. The van der Waals surface area contributed by atoms with Crippen LogP contribution in [0.15, 0.2) is 18.2 Å². The predicted octanol–water partition coefficient (Wildman–Crippen LogP) is 4.94. The Morgan fingerprint density at radius 2 is 1.97 bits per heavy atom. The van der Waals surface area contributed by atoms with E-state index in [1.807, 2.05) is 36.9 Å². The van der Waals surface area contributed by atoms with Crippen molar-refractivity contribution in [2.24, 2.45) is 11.3 Å². The zero-order chi connectivity index (χ0) is 21.0. The van der Waals surface area contributed by atoms with Gasteiger partial charge < -0.3 is 20.3 Å². The third-order valence-electron chi connectivity index (χ3n) is 5.79. The molecule has 1 heterocycles. The number of benzene rings is 1. The lowest BCUT2D eigenvalue weighted by Crippen LogP contribution is -2.43. The van der Waals surface area contributed by atoms with E-state index in [1.165, 1.54) is 19.3 Å². The van der Waals surface area contributed by atoms with Crippen LogP contribution in [-0.2, 0) is 4.79 Å². The summed E-state index contributed by atoms with van der Waals surface area (Å²) in [4.78, 5) is 27.5. The van der Waals surface area contributed by atoms with Crippen LogP contribution in [0, 0.1) is 11.3 Å². The van der Waals surface area contributed by atoms with Crippen LogP contribution in [0.3, 0.4) is 0 Å². The Hall–Kier alpha value is -2.24. The van der Waals surface area contributed by atoms with E-state index in [-0.39, 0.29) is 18.0 Å². The fourth-order valence-electron chi connectivity index (χ4n) is 3.93. The number of urea groups is 1. The lowest BCUT2D eigenvalue weighted by atomic mass is 9.92. The fourth-order valence-corrected chi connectivity index (χ4v) is 3.93. The van der Waals surface area contributed by atoms with Crippen molar-refractivity contribution in [1.29, 1.82) is 0 Å². The lowest BCUT2D eigenvalue weighted by Gasteiger charge is -2.29. The molecule has 6 heteroatoms. The number of ether oxygens (including phenoxy) is 1. The summed E-state index contributed by atoms with van der Waals surface area (Å²) in [6.07, 6.45) is 6.58. The van der Waals surface area contributed by atoms with E-state index in [1.54, 1.807) is 0 Å². The lowest BCUT2D eigenvalue weighted by molar-refractivity contribution is -0.127. The molecule has 3 amide bonds. The number of amides is 3. The Labute approximate surface area is 174 Å². The molecule has 29 heavy (non-hydrogen) atoms. The van der Waals surface area contributed by atoms with Crippen LogP contribution >= 0.6 is 0 Å². The number of nitrogens with zero attached hydrogens (tertiary/aromatic N) is 1. The van der Waals surface area contributed by atoms with Gasteiger partial charge in [0.15, 0.2) is 0 Å². The van der Waals surface area contributed by atoms with Gasteiger partial charge in [-0.25, -0.2) is 4.79 Å². The van der Waals surface area contributed by atoms with Gasteiger partial charge in [0, 0.05) is 18.3 Å². The third-order valence-corrected chi connectivity index (χ3v) is 5.79. The van der Waals surface area contributed by atoms with Gasteiger partial charge in [0.1, 0.15) is 12.4 Å². The number of hydrogen-bond acceptors (Lipinski definition) is 3. The molecule has 160 valence electrons. The number of rotatable bonds is 5. The molecule has 0 atom stereocenters. The largest absolute Gasteiger partial charge is 0.490 e. The Morgan fingerprint density at radius 3 is 2.66 bits per heavy atom. The second-order valence-electron chi connectivity index (χ2n) is 9.43. The Balaban J connectivity index is 1.78. The van der Waals surface area contributed by atoms with E-state index in [2.05, 4.69) is 24.5 Å². The van der Waals surface area contributed by atoms with Gasteiger partial charge in [-0.15, -0.1) is 0 Å². The van der Waals surface area contributed by atoms with Crippen molar-refractivity contribution in [3.05, 3.63) is 18.2 Å². The molecule has 3 rings (SSSR count). The summed E-state index contributed by atoms with van der Waals surface area (Å²) in [7, 11) is 0. The molecule has 1 aliphatic heterocycles. The summed E-state index contributed by atoms with van der Waals surface area (Å²) < 4.78 is 5.96. The van der Waals surface area contributed by atoms with Crippen molar-refractivity contribution in [1.82, 2.24) is 5.32 Å². The quantitative estimate of drug-likeness (QED) is 0.734. The van der Waals surface area contributed by atoms with Gasteiger partial charge in [-0.2, -0.15) is 0 Å². The summed E-state index contributed by atoms with van der Waals surface area (Å²) in [6, 6.07) is 5.60. The van der Waals surface area contributed by atoms with Crippen molar-refractivity contribution >= 4 is 23.3 Å². The highest BCUT2D eigenvalue weighted by atomic mass is 16.5. The number of fused-ring (bicyclic) bond motifs is 1. The predicted molar refractivity (Wildman–Crippen MR) is 117 cm³/mol. The van der Waals surface area contributed by atoms with Gasteiger partial charge in [0.2, 0.25) is 5.91 Å². The summed E-state index contributed by atoms with van der Waals surface area (Å²) in [5.74, 6) is 1.23. The second-order valence-corrected chi connectivity index (χ2v) is 9.43. The smallest absolute Gasteiger partial charge is 0.319 e. The van der Waals surface area contributed by atoms with E-state index >= 15 is 0 Å². The molecule has 1 aromatic rings. The maximum atomic E-state index is 13.2. The average molecular weight is 402 g/mol. The first-order chi connectivity index (χ1) is 13.8. The molecule has 2 N–H and O–H groups in total. The van der Waals surface area contributed by atoms with Crippen LogP contribution in [0.1, 0.15) is 66.2 Å². The van der Waals surface area contributed by atoms with Gasteiger partial charge in [0.25, 0.3) is 0 Å². The topological polar surface area (TPSA) is 70.7 Å². The van der Waals surface area contributed by atoms with Gasteiger partial charge in [-0.1, -0.05) is 33.1 Å². The van der Waals surface area contributed by atoms with Gasteiger partial charge >= 0.3 is 6.03 Å². The molecule has 6 nitrogen and oxygen atoms in total. The summed E-state index contributed by atoms with van der Waals surface area (Å²) >= 11 is 0. The first-order valence-electron chi connectivity index (χ1n) is 10.9. The minimum atomic E-state index is -0.595. The molecule has 1 aliphatic carbocycles. The highest BCUT2D eigenvalue weighted by Gasteiger charge is 2.37. The SMILES string of the molecule is CC(C)CCN1C(=O)C(C)(C)COc2ccc(NC(=O)NC3CCCCC3)cc21. The van der Waals surface area contributed by atoms with Crippen LogP contribution in [0.4, 0.5) is 16.2 Å². The molecule has 0 bridgehead atoms. The minimum Gasteiger partial charge on any atom is -0.490 e. The molecule has 0 spiro atoms. The molecule has 0 saturated heterocycles. The average Bonchev–Trinajstić information content (AvgIpc) is 2.76. The summed E-state index contributed by atoms with van der Waals surface area (Å²) in [5.41, 5.74) is 0.807. The maximum absolute atomic E-state index is 13.2. The number of carbonyl (C=O) groups excluding carboxylic acids is 2. The highest BCUT2D eigenvalue weighted by molar-refractivity contribution is 6.00. The molecule has 0 unspecified atom stereocenters. The first-order valence-corrected chi connectivity index (χ1v) is 10.9. The molecule has 2 aliphatic rings. The molecule has 1 fully saturated rings. The van der Waals surface area contributed by atoms with Crippen molar-refractivity contribution in [3.8, 4) is 5.75 Å². The van der Waals surface area contributed by atoms with Gasteiger partial charge in [0.05, 0.1) is 11.1 Å². The van der Waals surface area contributed by atoms with Crippen LogP contribution in [-0.4, -0.2) is 31.1 Å². The second kappa shape index (κ2) is 9.06. The van der Waals surface area contributed by atoms with Crippen LogP contribution in [0.25, 0.3) is 0 Å². The van der Waals surface area contributed by atoms with E-state index < -0.39 is 5.41 Å². The Morgan fingerprint density at radius 1 is 1.24 bits per heavy atom. The number of carbonyl (C=O) groups is 2. The normalized spacial score (nSPS) is 19.3. The first kappa shape index (κ1) is 21.5. The van der Waals surface area contributed by atoms with Crippen LogP contribution in [0.5, 0.6) is 5.75 Å². The molecular weight excluding hydrogens is 366 g/mol. The van der Waals surface area contributed by atoms with E-state index in [0.29, 0.717) is 30.5 Å². The van der Waals surface area contributed by atoms with E-state index in [9.17, 15) is 9.59 Å². The highest BCUT2D eigenvalue weighted by Crippen LogP contribution is 2.38. The molecule has 0 radical (unpaired) electrons. The van der Waals surface area contributed by atoms with Crippen LogP contribution < -0.4 is 20.3 Å².